The number of ether oxygens (including phenoxy) is 1. The molecule has 0 bridgehead atoms. The highest BCUT2D eigenvalue weighted by molar-refractivity contribution is 6.56. The van der Waals surface area contributed by atoms with Crippen LogP contribution < -0.4 is 11.1 Å². The zero-order valence-corrected chi connectivity index (χ0v) is 19.6. The van der Waals surface area contributed by atoms with Crippen molar-refractivity contribution in [2.24, 2.45) is 5.73 Å². The molecule has 0 spiro atoms. The van der Waals surface area contributed by atoms with E-state index in [1.807, 2.05) is 76.2 Å². The molecule has 1 aliphatic rings. The van der Waals surface area contributed by atoms with E-state index >= 15 is 0 Å². The van der Waals surface area contributed by atoms with E-state index in [9.17, 15) is 9.59 Å². The van der Waals surface area contributed by atoms with Crippen LogP contribution in [0, 0.1) is 0 Å². The van der Waals surface area contributed by atoms with Crippen molar-refractivity contribution < 1.29 is 23.6 Å². The third-order valence-corrected chi connectivity index (χ3v) is 5.98. The van der Waals surface area contributed by atoms with Gasteiger partial charge in [0.1, 0.15) is 6.61 Å². The van der Waals surface area contributed by atoms with Crippen LogP contribution in [0.1, 0.15) is 49.2 Å². The van der Waals surface area contributed by atoms with Crippen LogP contribution in [-0.4, -0.2) is 43.3 Å². The molecule has 1 amide bonds. The molecule has 0 atom stereocenters. The lowest BCUT2D eigenvalue weighted by Gasteiger charge is -2.32. The fourth-order valence-electron chi connectivity index (χ4n) is 3.24. The first-order valence-corrected chi connectivity index (χ1v) is 11.0. The number of carbonyl (C=O) groups excluding carboxylic acids is 2. The quantitative estimate of drug-likeness (QED) is 0.469. The van der Waals surface area contributed by atoms with Crippen molar-refractivity contribution in [2.75, 3.05) is 13.1 Å². The van der Waals surface area contributed by atoms with Crippen molar-refractivity contribution in [3.05, 3.63) is 76.8 Å². The van der Waals surface area contributed by atoms with Crippen molar-refractivity contribution in [3.63, 3.8) is 0 Å². The summed E-state index contributed by atoms with van der Waals surface area (Å²) in [5.74, 6) is -0.125. The maximum atomic E-state index is 12.3. The predicted molar refractivity (Wildman–Crippen MR) is 129 cm³/mol. The molecule has 3 rings (SSSR count). The SMILES string of the molecule is CC1(C)OB(C(=Cc2ccc(C(=O)CN)cc2)CNC(=O)OCc2ccccc2)OC1(C)C. The molecule has 33 heavy (non-hydrogen) atoms. The summed E-state index contributed by atoms with van der Waals surface area (Å²) in [6, 6.07) is 16.6. The fraction of sp³-hybridized carbons (Fsp3) is 0.360. The summed E-state index contributed by atoms with van der Waals surface area (Å²) in [6.07, 6.45) is 1.35. The monoisotopic (exact) mass is 450 g/mol. The fourth-order valence-corrected chi connectivity index (χ4v) is 3.24. The van der Waals surface area contributed by atoms with Gasteiger partial charge in [-0.15, -0.1) is 0 Å². The molecule has 8 heteroatoms. The summed E-state index contributed by atoms with van der Waals surface area (Å²) in [7, 11) is -0.644. The number of amides is 1. The van der Waals surface area contributed by atoms with E-state index in [0.29, 0.717) is 5.56 Å². The molecule has 174 valence electrons. The van der Waals surface area contributed by atoms with Gasteiger partial charge in [0, 0.05) is 12.1 Å². The van der Waals surface area contributed by atoms with Gasteiger partial charge in [0.2, 0.25) is 0 Å². The molecule has 2 aromatic carbocycles. The Balaban J connectivity index is 1.73. The van der Waals surface area contributed by atoms with Crippen molar-refractivity contribution in [1.29, 1.82) is 0 Å². The van der Waals surface area contributed by atoms with Crippen LogP contribution in [0.25, 0.3) is 6.08 Å². The maximum absolute atomic E-state index is 12.3. The summed E-state index contributed by atoms with van der Waals surface area (Å²) < 4.78 is 17.7. The van der Waals surface area contributed by atoms with Crippen LogP contribution in [0.2, 0.25) is 0 Å². The number of carbonyl (C=O) groups is 2. The number of ketones is 1. The molecule has 3 N–H and O–H groups in total. The van der Waals surface area contributed by atoms with Crippen molar-refractivity contribution in [3.8, 4) is 0 Å². The van der Waals surface area contributed by atoms with E-state index in [4.69, 9.17) is 19.8 Å². The number of nitrogens with two attached hydrogens (primary N) is 1. The van der Waals surface area contributed by atoms with Gasteiger partial charge in [-0.05, 0) is 44.3 Å². The highest BCUT2D eigenvalue weighted by Crippen LogP contribution is 2.38. The van der Waals surface area contributed by atoms with E-state index in [1.54, 1.807) is 12.1 Å². The van der Waals surface area contributed by atoms with Crippen LogP contribution in [0.3, 0.4) is 0 Å². The standard InChI is InChI=1S/C25H31BN2O5/c1-24(2)25(3,4)33-26(32-24)21(14-18-10-12-20(13-11-18)22(29)15-27)16-28-23(30)31-17-19-8-6-5-7-9-19/h5-14H,15-17,27H2,1-4H3,(H,28,30). The second-order valence-electron chi connectivity index (χ2n) is 8.97. The minimum absolute atomic E-state index is 0.0383. The number of alkyl carbamates (subject to hydrolysis) is 1. The Morgan fingerprint density at radius 2 is 1.61 bits per heavy atom. The second-order valence-corrected chi connectivity index (χ2v) is 8.97. The topological polar surface area (TPSA) is 99.9 Å². The molecule has 0 aliphatic carbocycles. The van der Waals surface area contributed by atoms with Gasteiger partial charge in [-0.2, -0.15) is 0 Å². The zero-order valence-electron chi connectivity index (χ0n) is 19.6. The van der Waals surface area contributed by atoms with E-state index in [-0.39, 0.29) is 25.5 Å². The van der Waals surface area contributed by atoms with Gasteiger partial charge >= 0.3 is 13.2 Å². The minimum atomic E-state index is -0.644. The third kappa shape index (κ3) is 6.31. The molecule has 0 aromatic heterocycles. The molecule has 0 unspecified atom stereocenters. The summed E-state index contributed by atoms with van der Waals surface area (Å²) in [4.78, 5) is 24.1. The van der Waals surface area contributed by atoms with E-state index in [0.717, 1.165) is 16.6 Å². The average molecular weight is 450 g/mol. The first-order valence-electron chi connectivity index (χ1n) is 11.0. The zero-order chi connectivity index (χ0) is 24.1. The molecule has 1 saturated heterocycles. The molecule has 1 fully saturated rings. The summed E-state index contributed by atoms with van der Waals surface area (Å²) in [5, 5.41) is 2.78. The predicted octanol–water partition coefficient (Wildman–Crippen LogP) is 3.77. The normalized spacial score (nSPS) is 17.0. The number of rotatable bonds is 8. The largest absolute Gasteiger partial charge is 0.492 e. The smallest absolute Gasteiger partial charge is 0.445 e. The Bertz CT molecular complexity index is 987. The summed E-state index contributed by atoms with van der Waals surface area (Å²) in [5.41, 5.74) is 7.41. The van der Waals surface area contributed by atoms with Crippen molar-refractivity contribution in [1.82, 2.24) is 5.32 Å². The van der Waals surface area contributed by atoms with Crippen molar-refractivity contribution in [2.45, 2.75) is 45.5 Å². The second kappa shape index (κ2) is 10.3. The van der Waals surface area contributed by atoms with Crippen LogP contribution in [-0.2, 0) is 20.7 Å². The van der Waals surface area contributed by atoms with E-state index < -0.39 is 24.4 Å². The lowest BCUT2D eigenvalue weighted by atomic mass is 9.77. The lowest BCUT2D eigenvalue weighted by molar-refractivity contribution is 0.00578. The first-order chi connectivity index (χ1) is 15.6. The number of Topliss-reactive ketones (excluding diaryl/α,β-unsaturated/α-hetero) is 1. The van der Waals surface area contributed by atoms with Gasteiger partial charge < -0.3 is 25.1 Å². The molecule has 0 saturated carbocycles. The van der Waals surface area contributed by atoms with Crippen LogP contribution >= 0.6 is 0 Å². The number of nitrogens with one attached hydrogen (secondary N) is 1. The Kier molecular flexibility index (Phi) is 7.74. The first kappa shape index (κ1) is 24.7. The van der Waals surface area contributed by atoms with Gasteiger partial charge in [0.15, 0.2) is 5.78 Å². The van der Waals surface area contributed by atoms with Gasteiger partial charge in [0.05, 0.1) is 17.7 Å². The molecule has 1 heterocycles. The summed E-state index contributed by atoms with van der Waals surface area (Å²) >= 11 is 0. The summed E-state index contributed by atoms with van der Waals surface area (Å²) in [6.45, 7) is 8.20. The van der Waals surface area contributed by atoms with E-state index in [2.05, 4.69) is 5.32 Å². The number of hydrogen-bond donors (Lipinski definition) is 2. The van der Waals surface area contributed by atoms with Crippen LogP contribution in [0.4, 0.5) is 4.79 Å². The number of benzene rings is 2. The van der Waals surface area contributed by atoms with Crippen molar-refractivity contribution >= 4 is 25.1 Å². The average Bonchev–Trinajstić information content (AvgIpc) is 3.02. The molecule has 1 aliphatic heterocycles. The Hall–Kier alpha value is -2.94. The van der Waals surface area contributed by atoms with Gasteiger partial charge in [-0.3, -0.25) is 4.79 Å². The molecule has 7 nitrogen and oxygen atoms in total. The minimum Gasteiger partial charge on any atom is -0.445 e. The van der Waals surface area contributed by atoms with Crippen LogP contribution in [0.15, 0.2) is 60.1 Å². The van der Waals surface area contributed by atoms with Gasteiger partial charge in [-0.1, -0.05) is 60.7 Å². The molecule has 0 radical (unpaired) electrons. The Morgan fingerprint density at radius 3 is 2.18 bits per heavy atom. The highest BCUT2D eigenvalue weighted by Gasteiger charge is 2.52. The van der Waals surface area contributed by atoms with Crippen LogP contribution in [0.5, 0.6) is 0 Å². The van der Waals surface area contributed by atoms with Gasteiger partial charge in [-0.25, -0.2) is 4.79 Å². The maximum Gasteiger partial charge on any atom is 0.492 e. The van der Waals surface area contributed by atoms with Gasteiger partial charge in [0.25, 0.3) is 0 Å². The lowest BCUT2D eigenvalue weighted by Crippen LogP contribution is -2.41. The third-order valence-electron chi connectivity index (χ3n) is 5.98. The highest BCUT2D eigenvalue weighted by atomic mass is 16.7. The Morgan fingerprint density at radius 1 is 1.00 bits per heavy atom. The molecule has 2 aromatic rings. The number of hydrogen-bond acceptors (Lipinski definition) is 6. The molecular formula is C25H31BN2O5. The molecular weight excluding hydrogens is 419 g/mol. The Labute approximate surface area is 195 Å². The van der Waals surface area contributed by atoms with E-state index in [1.165, 1.54) is 0 Å².